The predicted octanol–water partition coefficient (Wildman–Crippen LogP) is 1.98. The van der Waals surface area contributed by atoms with Crippen LogP contribution >= 0.6 is 0 Å². The number of nitrogens with two attached hydrogens (primary N) is 1. The number of nitrogens with one attached hydrogen (secondary N) is 1. The Balaban J connectivity index is 1.42. The number of fused-ring (bicyclic) bond motifs is 3. The van der Waals surface area contributed by atoms with Gasteiger partial charge < -0.3 is 19.7 Å². The average molecular weight is 403 g/mol. The van der Waals surface area contributed by atoms with E-state index in [9.17, 15) is 0 Å². The second kappa shape index (κ2) is 8.60. The number of quaternary nitrogens is 2. The molecule has 0 spiro atoms. The van der Waals surface area contributed by atoms with Gasteiger partial charge in [0.15, 0.2) is 6.04 Å². The fraction of sp³-hybridized carbons (Fsp3) is 0.308. The van der Waals surface area contributed by atoms with Crippen molar-refractivity contribution in [2.24, 2.45) is 0 Å². The molecule has 0 saturated carbocycles. The smallest absolute Gasteiger partial charge is 0.163 e. The van der Waals surface area contributed by atoms with Gasteiger partial charge in [0.05, 0.1) is 20.3 Å². The molecule has 0 unspecified atom stereocenters. The number of hydrogen-bond acceptors (Lipinski definition) is 2. The Morgan fingerprint density at radius 1 is 0.900 bits per heavy atom. The van der Waals surface area contributed by atoms with Crippen molar-refractivity contribution >= 4 is 0 Å². The zero-order valence-corrected chi connectivity index (χ0v) is 17.5. The Kier molecular flexibility index (Phi) is 5.54. The van der Waals surface area contributed by atoms with Crippen molar-refractivity contribution in [1.29, 1.82) is 0 Å². The summed E-state index contributed by atoms with van der Waals surface area (Å²) in [6, 6.07) is 27.2. The second-order valence-electron chi connectivity index (χ2n) is 8.22. The van der Waals surface area contributed by atoms with Gasteiger partial charge in [0, 0.05) is 16.7 Å². The molecule has 30 heavy (non-hydrogen) atoms. The van der Waals surface area contributed by atoms with E-state index in [-0.39, 0.29) is 0 Å². The van der Waals surface area contributed by atoms with Crippen molar-refractivity contribution in [2.45, 2.75) is 12.1 Å². The maximum absolute atomic E-state index is 5.64. The van der Waals surface area contributed by atoms with Crippen LogP contribution in [0.15, 0.2) is 72.8 Å². The molecule has 3 aromatic carbocycles. The summed E-state index contributed by atoms with van der Waals surface area (Å²) < 4.78 is 11.0. The summed E-state index contributed by atoms with van der Waals surface area (Å²) in [7, 11) is 1.72. The van der Waals surface area contributed by atoms with Gasteiger partial charge in [0.25, 0.3) is 0 Å². The zero-order chi connectivity index (χ0) is 20.3. The Hall–Kier alpha value is -2.66. The second-order valence-corrected chi connectivity index (χ2v) is 8.22. The molecule has 0 bridgehead atoms. The average Bonchev–Trinajstić information content (AvgIpc) is 3.14. The third kappa shape index (κ3) is 3.63. The fourth-order valence-corrected chi connectivity index (χ4v) is 5.08. The van der Waals surface area contributed by atoms with E-state index in [2.05, 4.69) is 78.1 Å². The van der Waals surface area contributed by atoms with Crippen molar-refractivity contribution in [2.75, 3.05) is 40.0 Å². The van der Waals surface area contributed by atoms with E-state index in [1.54, 1.807) is 12.0 Å². The van der Waals surface area contributed by atoms with Crippen LogP contribution in [-0.2, 0) is 4.74 Å². The number of benzene rings is 3. The van der Waals surface area contributed by atoms with Crippen LogP contribution in [0.3, 0.4) is 0 Å². The first-order chi connectivity index (χ1) is 14.8. The lowest BCUT2D eigenvalue weighted by Gasteiger charge is -2.31. The normalized spacial score (nSPS) is 17.4. The van der Waals surface area contributed by atoms with Gasteiger partial charge in [-0.05, 0) is 35.4 Å². The van der Waals surface area contributed by atoms with Crippen LogP contribution in [0.2, 0.25) is 0 Å². The molecular weight excluding hydrogens is 372 g/mol. The lowest BCUT2D eigenvalue weighted by Crippen LogP contribution is -3.16. The Bertz CT molecular complexity index is 950. The number of ether oxygens (including phenoxy) is 2. The van der Waals surface area contributed by atoms with Crippen LogP contribution in [0.25, 0.3) is 11.1 Å². The highest BCUT2D eigenvalue weighted by Gasteiger charge is 2.34. The minimum absolute atomic E-state index is 0.360. The molecule has 154 valence electrons. The first-order valence-electron chi connectivity index (χ1n) is 10.9. The Morgan fingerprint density at radius 3 is 2.10 bits per heavy atom. The van der Waals surface area contributed by atoms with Crippen LogP contribution in [0, 0.1) is 0 Å². The highest BCUT2D eigenvalue weighted by Crippen LogP contribution is 2.41. The summed E-state index contributed by atoms with van der Waals surface area (Å²) >= 11 is 0. The molecule has 0 aromatic heterocycles. The molecule has 1 atom stereocenters. The molecule has 4 nitrogen and oxygen atoms in total. The highest BCUT2D eigenvalue weighted by molar-refractivity contribution is 5.77. The molecule has 2 aliphatic rings. The van der Waals surface area contributed by atoms with Crippen molar-refractivity contribution in [1.82, 2.24) is 0 Å². The summed E-state index contributed by atoms with van der Waals surface area (Å²) in [5, 5.41) is 2.54. The van der Waals surface area contributed by atoms with Crippen LogP contribution in [-0.4, -0.2) is 40.0 Å². The standard InChI is InChI=1S/C26H28N2O2/c1-29-20-12-10-19(11-13-20)25(28-14-16-30-17-15-28)18-27-26-23-8-4-2-6-21(23)22-7-3-5-9-24(22)26/h2-13,25-27H,14-18H2,1H3/p+2/t25-/m1/s1. The molecule has 1 heterocycles. The van der Waals surface area contributed by atoms with Gasteiger partial charge >= 0.3 is 0 Å². The Labute approximate surface area is 178 Å². The van der Waals surface area contributed by atoms with E-state index >= 15 is 0 Å². The van der Waals surface area contributed by atoms with Gasteiger partial charge in [-0.15, -0.1) is 0 Å². The lowest BCUT2D eigenvalue weighted by atomic mass is 10.0. The molecule has 5 rings (SSSR count). The molecular formula is C26H30N2O2+2. The topological polar surface area (TPSA) is 39.5 Å². The van der Waals surface area contributed by atoms with Crippen molar-refractivity contribution in [3.8, 4) is 16.9 Å². The van der Waals surface area contributed by atoms with Gasteiger partial charge in [-0.3, -0.25) is 0 Å². The number of morpholine rings is 1. The van der Waals surface area contributed by atoms with Crippen molar-refractivity contribution in [3.05, 3.63) is 89.5 Å². The molecule has 1 fully saturated rings. The van der Waals surface area contributed by atoms with Crippen LogP contribution < -0.4 is 15.0 Å². The lowest BCUT2D eigenvalue weighted by molar-refractivity contribution is -0.953. The molecule has 0 radical (unpaired) electrons. The number of rotatable bonds is 6. The molecule has 1 aliphatic heterocycles. The first-order valence-corrected chi connectivity index (χ1v) is 10.9. The van der Waals surface area contributed by atoms with Gasteiger partial charge in [-0.2, -0.15) is 0 Å². The maximum Gasteiger partial charge on any atom is 0.163 e. The van der Waals surface area contributed by atoms with E-state index in [1.807, 2.05) is 0 Å². The zero-order valence-electron chi connectivity index (χ0n) is 17.5. The van der Waals surface area contributed by atoms with E-state index in [0.717, 1.165) is 38.6 Å². The SMILES string of the molecule is COc1ccc([C@@H](C[NH2+]C2c3ccccc3-c3ccccc32)[NH+]2CCOCC2)cc1. The van der Waals surface area contributed by atoms with Crippen molar-refractivity contribution < 1.29 is 19.7 Å². The molecule has 3 aromatic rings. The maximum atomic E-state index is 5.64. The monoisotopic (exact) mass is 402 g/mol. The summed E-state index contributed by atoms with van der Waals surface area (Å²) in [5.41, 5.74) is 7.01. The molecule has 3 N–H and O–H groups in total. The Morgan fingerprint density at radius 2 is 1.50 bits per heavy atom. The predicted molar refractivity (Wildman–Crippen MR) is 118 cm³/mol. The van der Waals surface area contributed by atoms with Crippen LogP contribution in [0.1, 0.15) is 28.8 Å². The van der Waals surface area contributed by atoms with Gasteiger partial charge in [0.2, 0.25) is 0 Å². The third-order valence-corrected chi connectivity index (χ3v) is 6.64. The van der Waals surface area contributed by atoms with Crippen LogP contribution in [0.4, 0.5) is 0 Å². The molecule has 1 aliphatic carbocycles. The van der Waals surface area contributed by atoms with Gasteiger partial charge in [0.1, 0.15) is 31.4 Å². The number of hydrogen-bond donors (Lipinski definition) is 2. The summed E-state index contributed by atoms with van der Waals surface area (Å²) in [6.07, 6.45) is 0. The van der Waals surface area contributed by atoms with E-state index in [1.165, 1.54) is 27.8 Å². The van der Waals surface area contributed by atoms with Gasteiger partial charge in [-0.25, -0.2) is 0 Å². The largest absolute Gasteiger partial charge is 0.497 e. The minimum Gasteiger partial charge on any atom is -0.497 e. The number of methoxy groups -OCH3 is 1. The van der Waals surface area contributed by atoms with E-state index in [0.29, 0.717) is 12.1 Å². The quantitative estimate of drug-likeness (QED) is 0.662. The van der Waals surface area contributed by atoms with Crippen LogP contribution in [0.5, 0.6) is 5.75 Å². The van der Waals surface area contributed by atoms with Crippen molar-refractivity contribution in [3.63, 3.8) is 0 Å². The fourth-order valence-electron chi connectivity index (χ4n) is 5.08. The molecule has 1 saturated heterocycles. The summed E-state index contributed by atoms with van der Waals surface area (Å²) in [5.74, 6) is 0.914. The highest BCUT2D eigenvalue weighted by atomic mass is 16.5. The molecule has 0 amide bonds. The molecule has 4 heteroatoms. The van der Waals surface area contributed by atoms with E-state index in [4.69, 9.17) is 9.47 Å². The van der Waals surface area contributed by atoms with Gasteiger partial charge in [-0.1, -0.05) is 48.5 Å². The first kappa shape index (κ1) is 19.3. The summed E-state index contributed by atoms with van der Waals surface area (Å²) in [4.78, 5) is 1.61. The van der Waals surface area contributed by atoms with E-state index < -0.39 is 0 Å². The minimum atomic E-state index is 0.360. The summed E-state index contributed by atoms with van der Waals surface area (Å²) in [6.45, 7) is 4.84. The third-order valence-electron chi connectivity index (χ3n) is 6.64.